The molecule has 0 saturated heterocycles. The number of ether oxygens (including phenoxy) is 1. The number of amides is 1. The summed E-state index contributed by atoms with van der Waals surface area (Å²) in [5.41, 5.74) is 0.808. The Bertz CT molecular complexity index is 718. The van der Waals surface area contributed by atoms with E-state index in [0.29, 0.717) is 25.2 Å². The van der Waals surface area contributed by atoms with Gasteiger partial charge in [-0.1, -0.05) is 18.2 Å². The molecular formula is C17H21NO4. The SMILES string of the molecule is Cc1cccc2cc(C(=O)NCCCOC(C)C)c(=O)oc12. The van der Waals surface area contributed by atoms with Crippen molar-refractivity contribution < 1.29 is 13.9 Å². The summed E-state index contributed by atoms with van der Waals surface area (Å²) >= 11 is 0. The van der Waals surface area contributed by atoms with Gasteiger partial charge in [-0.15, -0.1) is 0 Å². The van der Waals surface area contributed by atoms with Crippen LogP contribution >= 0.6 is 0 Å². The van der Waals surface area contributed by atoms with Crippen molar-refractivity contribution in [2.45, 2.75) is 33.3 Å². The van der Waals surface area contributed by atoms with Gasteiger partial charge in [0.25, 0.3) is 5.91 Å². The summed E-state index contributed by atoms with van der Waals surface area (Å²) < 4.78 is 10.7. The second-order valence-electron chi connectivity index (χ2n) is 5.47. The molecule has 1 amide bonds. The lowest BCUT2D eigenvalue weighted by molar-refractivity contribution is 0.0757. The molecule has 5 nitrogen and oxygen atoms in total. The maximum absolute atomic E-state index is 12.1. The number of carbonyl (C=O) groups is 1. The molecule has 0 spiro atoms. The Morgan fingerprint density at radius 2 is 2.14 bits per heavy atom. The molecule has 0 atom stereocenters. The van der Waals surface area contributed by atoms with Crippen LogP contribution in [0.1, 0.15) is 36.2 Å². The zero-order valence-corrected chi connectivity index (χ0v) is 13.1. The van der Waals surface area contributed by atoms with E-state index in [1.54, 1.807) is 6.07 Å². The van der Waals surface area contributed by atoms with Crippen molar-refractivity contribution in [1.29, 1.82) is 0 Å². The van der Waals surface area contributed by atoms with E-state index < -0.39 is 11.5 Å². The van der Waals surface area contributed by atoms with Crippen LogP contribution in [0.25, 0.3) is 11.0 Å². The first-order chi connectivity index (χ1) is 10.5. The molecule has 0 saturated carbocycles. The highest BCUT2D eigenvalue weighted by Gasteiger charge is 2.13. The Kier molecular flexibility index (Phi) is 5.33. The van der Waals surface area contributed by atoms with Crippen molar-refractivity contribution in [3.05, 3.63) is 45.8 Å². The number of rotatable bonds is 6. The predicted molar refractivity (Wildman–Crippen MR) is 85.3 cm³/mol. The van der Waals surface area contributed by atoms with Crippen molar-refractivity contribution in [2.75, 3.05) is 13.2 Å². The first-order valence-electron chi connectivity index (χ1n) is 7.42. The number of hydrogen-bond donors (Lipinski definition) is 1. The first-order valence-corrected chi connectivity index (χ1v) is 7.42. The second kappa shape index (κ2) is 7.22. The lowest BCUT2D eigenvalue weighted by Gasteiger charge is -2.08. The minimum Gasteiger partial charge on any atom is -0.422 e. The lowest BCUT2D eigenvalue weighted by atomic mass is 10.1. The fourth-order valence-corrected chi connectivity index (χ4v) is 2.14. The van der Waals surface area contributed by atoms with Crippen LogP contribution in [0.15, 0.2) is 33.5 Å². The third-order valence-corrected chi connectivity index (χ3v) is 3.26. The predicted octanol–water partition coefficient (Wildman–Crippen LogP) is 2.65. The molecule has 118 valence electrons. The van der Waals surface area contributed by atoms with Gasteiger partial charge in [0, 0.05) is 18.5 Å². The number of fused-ring (bicyclic) bond motifs is 1. The van der Waals surface area contributed by atoms with Crippen LogP contribution in [-0.2, 0) is 4.74 Å². The molecule has 0 aliphatic heterocycles. The van der Waals surface area contributed by atoms with Crippen molar-refractivity contribution in [1.82, 2.24) is 5.32 Å². The van der Waals surface area contributed by atoms with Crippen LogP contribution in [0.2, 0.25) is 0 Å². The third kappa shape index (κ3) is 3.95. The molecule has 1 aromatic carbocycles. The van der Waals surface area contributed by atoms with Gasteiger partial charge in [0.15, 0.2) is 0 Å². The highest BCUT2D eigenvalue weighted by atomic mass is 16.5. The van der Waals surface area contributed by atoms with E-state index in [1.807, 2.05) is 39.0 Å². The smallest absolute Gasteiger partial charge is 0.349 e. The van der Waals surface area contributed by atoms with E-state index in [9.17, 15) is 9.59 Å². The van der Waals surface area contributed by atoms with E-state index in [2.05, 4.69) is 5.32 Å². The van der Waals surface area contributed by atoms with Crippen molar-refractivity contribution in [2.24, 2.45) is 0 Å². The molecule has 0 unspecified atom stereocenters. The average Bonchev–Trinajstić information content (AvgIpc) is 2.47. The minimum absolute atomic E-state index is 0.0304. The van der Waals surface area contributed by atoms with Crippen molar-refractivity contribution in [3.63, 3.8) is 0 Å². The van der Waals surface area contributed by atoms with Gasteiger partial charge in [0.1, 0.15) is 11.1 Å². The van der Waals surface area contributed by atoms with Crippen molar-refractivity contribution >= 4 is 16.9 Å². The maximum atomic E-state index is 12.1. The van der Waals surface area contributed by atoms with Crippen LogP contribution in [0.5, 0.6) is 0 Å². The lowest BCUT2D eigenvalue weighted by Crippen LogP contribution is -2.29. The topological polar surface area (TPSA) is 68.5 Å². The maximum Gasteiger partial charge on any atom is 0.349 e. The van der Waals surface area contributed by atoms with Crippen LogP contribution in [0.4, 0.5) is 0 Å². The van der Waals surface area contributed by atoms with E-state index >= 15 is 0 Å². The molecule has 0 aliphatic carbocycles. The molecule has 5 heteroatoms. The largest absolute Gasteiger partial charge is 0.422 e. The number of benzene rings is 1. The van der Waals surface area contributed by atoms with Gasteiger partial charge in [-0.2, -0.15) is 0 Å². The summed E-state index contributed by atoms with van der Waals surface area (Å²) in [4.78, 5) is 24.0. The van der Waals surface area contributed by atoms with Gasteiger partial charge in [-0.05, 0) is 38.8 Å². The number of carbonyl (C=O) groups excluding carboxylic acids is 1. The molecule has 0 fully saturated rings. The fraction of sp³-hybridized carbons (Fsp3) is 0.412. The van der Waals surface area contributed by atoms with Crippen LogP contribution in [-0.4, -0.2) is 25.2 Å². The highest BCUT2D eigenvalue weighted by Crippen LogP contribution is 2.17. The van der Waals surface area contributed by atoms with Gasteiger partial charge < -0.3 is 14.5 Å². The summed E-state index contributed by atoms with van der Waals surface area (Å²) in [6, 6.07) is 7.12. The molecule has 2 aromatic rings. The molecule has 1 N–H and O–H groups in total. The van der Waals surface area contributed by atoms with E-state index in [0.717, 1.165) is 10.9 Å². The molecule has 0 aliphatic rings. The molecule has 2 rings (SSSR count). The number of hydrogen-bond acceptors (Lipinski definition) is 4. The Labute approximate surface area is 129 Å². The standard InChI is InChI=1S/C17H21NO4/c1-11(2)21-9-5-8-18-16(19)14-10-13-7-4-6-12(3)15(13)22-17(14)20/h4,6-7,10-11H,5,8-9H2,1-3H3,(H,18,19). The molecular weight excluding hydrogens is 282 g/mol. The third-order valence-electron chi connectivity index (χ3n) is 3.26. The van der Waals surface area contributed by atoms with Gasteiger partial charge in [-0.3, -0.25) is 4.79 Å². The van der Waals surface area contributed by atoms with Crippen LogP contribution < -0.4 is 10.9 Å². The van der Waals surface area contributed by atoms with E-state index in [-0.39, 0.29) is 11.7 Å². The van der Waals surface area contributed by atoms with Gasteiger partial charge in [0.05, 0.1) is 6.10 Å². The second-order valence-corrected chi connectivity index (χ2v) is 5.47. The van der Waals surface area contributed by atoms with Gasteiger partial charge >= 0.3 is 5.63 Å². The quantitative estimate of drug-likeness (QED) is 0.658. The fourth-order valence-electron chi connectivity index (χ4n) is 2.14. The monoisotopic (exact) mass is 303 g/mol. The number of aryl methyl sites for hydroxylation is 1. The van der Waals surface area contributed by atoms with Crippen molar-refractivity contribution in [3.8, 4) is 0 Å². The summed E-state index contributed by atoms with van der Waals surface area (Å²) in [5.74, 6) is -0.415. The molecule has 1 aromatic heterocycles. The molecule has 22 heavy (non-hydrogen) atoms. The summed E-state index contributed by atoms with van der Waals surface area (Å²) in [7, 11) is 0. The highest BCUT2D eigenvalue weighted by molar-refractivity contribution is 5.96. The normalized spacial score (nSPS) is 11.1. The number of nitrogens with one attached hydrogen (secondary N) is 1. The Balaban J connectivity index is 2.05. The summed E-state index contributed by atoms with van der Waals surface area (Å²) in [6.07, 6.45) is 0.869. The zero-order valence-electron chi connectivity index (χ0n) is 13.1. The van der Waals surface area contributed by atoms with E-state index in [4.69, 9.17) is 9.15 Å². The minimum atomic E-state index is -0.613. The summed E-state index contributed by atoms with van der Waals surface area (Å²) in [6.45, 7) is 6.81. The molecule has 0 bridgehead atoms. The number of para-hydroxylation sites is 1. The van der Waals surface area contributed by atoms with E-state index in [1.165, 1.54) is 0 Å². The zero-order chi connectivity index (χ0) is 16.1. The average molecular weight is 303 g/mol. The Hall–Kier alpha value is -2.14. The van der Waals surface area contributed by atoms with Gasteiger partial charge in [0.2, 0.25) is 0 Å². The molecule has 1 heterocycles. The van der Waals surface area contributed by atoms with Gasteiger partial charge in [-0.25, -0.2) is 4.79 Å². The Morgan fingerprint density at radius 3 is 2.86 bits per heavy atom. The molecule has 0 radical (unpaired) electrons. The summed E-state index contributed by atoms with van der Waals surface area (Å²) in [5, 5.41) is 3.46. The van der Waals surface area contributed by atoms with Crippen LogP contribution in [0, 0.1) is 6.92 Å². The first kappa shape index (κ1) is 16.2. The van der Waals surface area contributed by atoms with Crippen LogP contribution in [0.3, 0.4) is 0 Å². The Morgan fingerprint density at radius 1 is 1.36 bits per heavy atom.